The normalized spacial score (nSPS) is 10.7. The van der Waals surface area contributed by atoms with E-state index in [1.165, 1.54) is 36.4 Å². The molecule has 0 unspecified atom stereocenters. The van der Waals surface area contributed by atoms with Crippen LogP contribution in [-0.2, 0) is 6.54 Å². The van der Waals surface area contributed by atoms with E-state index in [-0.39, 0.29) is 16.7 Å². The Morgan fingerprint density at radius 2 is 0.386 bits per heavy atom. The van der Waals surface area contributed by atoms with E-state index in [0.29, 0.717) is 101 Å². The Bertz CT molecular complexity index is 6190. The Labute approximate surface area is 801 Å². The number of carbonyl (C=O) groups is 7. The highest BCUT2D eigenvalue weighted by Crippen LogP contribution is 2.37. The molecule has 0 spiro atoms. The number of benzene rings is 16. The van der Waals surface area contributed by atoms with Crippen molar-refractivity contribution in [3.8, 4) is 0 Å². The molecule has 0 bridgehead atoms. The monoisotopic (exact) mass is 2190 g/mol. The topological polar surface area (TPSA) is 328 Å². The third-order valence-electron chi connectivity index (χ3n) is 20.0. The summed E-state index contributed by atoms with van der Waals surface area (Å²) in [6.07, 6.45) is 0. The minimum Gasteiger partial charge on any atom is -0.366 e. The number of primary amides is 7. The zero-order chi connectivity index (χ0) is 94.1. The second-order valence-electron chi connectivity index (χ2n) is 29.1. The van der Waals surface area contributed by atoms with Crippen LogP contribution < -0.4 is 45.9 Å². The molecule has 0 heterocycles. The summed E-state index contributed by atoms with van der Waals surface area (Å²) in [5.74, 6) is -5.92. The number of hydrogen-bond donors (Lipinski definition) is 8. The molecule has 16 aromatic rings. The molecule has 652 valence electrons. The van der Waals surface area contributed by atoms with Crippen LogP contribution in [0, 0.1) is 84.5 Å². The van der Waals surface area contributed by atoms with E-state index in [9.17, 15) is 55.5 Å². The van der Waals surface area contributed by atoms with Crippen LogP contribution in [0.4, 0.5) is 22.0 Å². The van der Waals surface area contributed by atoms with Crippen molar-refractivity contribution in [1.29, 1.82) is 0 Å². The molecule has 0 aliphatic rings. The molecular weight excluding hydrogens is 2130 g/mol. The first-order chi connectivity index (χ1) is 59.5. The fourth-order valence-corrected chi connectivity index (χ4v) is 16.4. The molecular formula is C96H74Br6Cl5F5N8O7. The first-order valence-corrected chi connectivity index (χ1v) is 44.1. The molecule has 15 nitrogen and oxygen atoms in total. The number of aryl methyl sites for hydroxylation is 8. The van der Waals surface area contributed by atoms with Gasteiger partial charge in [-0.15, -0.1) is 0 Å². The van der Waals surface area contributed by atoms with Crippen LogP contribution in [-0.4, -0.2) is 41.4 Å². The SMILES string of the molecule is Cc1cc2cc(Br)c(Br)cc2cc1C(N)=O.Cc1cc2cc(Br)c(Cl)cc2cc1C(N)=O.Cc1cc2cc(Br)c(F)cc2cc1C(N)=O.Cc1cc2cc(Cl)c(Br)cc2cc1C(N)=O.Cc1cc2cc(Cl)c(Cl)cc2cc1C(N)=O.Cc1cc2cc(F)c(Br)cc2cc1C(N)=O.Cc1cc2cc(F)c(Cl)cc2cc1C(N)=O.Cc1cc2cc(F)c(F)cc2cc1CN. The molecule has 31 heteroatoms. The summed E-state index contributed by atoms with van der Waals surface area (Å²) >= 11 is 49.3. The summed E-state index contributed by atoms with van der Waals surface area (Å²) in [5.41, 5.74) is 53.6. The van der Waals surface area contributed by atoms with E-state index in [1.54, 1.807) is 99.6 Å². The highest BCUT2D eigenvalue weighted by atomic mass is 79.9. The molecule has 16 rings (SSSR count). The maximum atomic E-state index is 13.3. The lowest BCUT2D eigenvalue weighted by Gasteiger charge is -2.06. The predicted octanol–water partition coefficient (Wildman–Crippen LogP) is 26.9. The fourth-order valence-electron chi connectivity index (χ4n) is 13.4. The summed E-state index contributed by atoms with van der Waals surface area (Å²) in [6.45, 7) is 15.1. The van der Waals surface area contributed by atoms with Crippen LogP contribution in [0.15, 0.2) is 221 Å². The Morgan fingerprint density at radius 3 is 0.646 bits per heavy atom. The Balaban J connectivity index is 0.000000164. The molecule has 0 radical (unpaired) electrons. The van der Waals surface area contributed by atoms with Crippen molar-refractivity contribution >= 4 is 281 Å². The summed E-state index contributed by atoms with van der Waals surface area (Å²) in [5, 5.41) is 15.9. The van der Waals surface area contributed by atoms with Crippen molar-refractivity contribution in [1.82, 2.24) is 0 Å². The summed E-state index contributed by atoms with van der Waals surface area (Å²) in [6, 6.07) is 54.9. The summed E-state index contributed by atoms with van der Waals surface area (Å²) in [7, 11) is 0. The highest BCUT2D eigenvalue weighted by Gasteiger charge is 2.18. The average molecular weight is 2200 g/mol. The van der Waals surface area contributed by atoms with Crippen molar-refractivity contribution in [2.45, 2.75) is 61.9 Å². The van der Waals surface area contributed by atoms with Gasteiger partial charge < -0.3 is 45.9 Å². The van der Waals surface area contributed by atoms with Crippen LogP contribution >= 0.6 is 154 Å². The molecule has 0 fully saturated rings. The van der Waals surface area contributed by atoms with Crippen LogP contribution in [0.5, 0.6) is 0 Å². The van der Waals surface area contributed by atoms with E-state index in [1.807, 2.05) is 113 Å². The smallest absolute Gasteiger partial charge is 0.248 e. The van der Waals surface area contributed by atoms with Crippen molar-refractivity contribution < 1.29 is 55.5 Å². The molecule has 16 aromatic carbocycles. The van der Waals surface area contributed by atoms with Gasteiger partial charge in [-0.2, -0.15) is 0 Å². The maximum Gasteiger partial charge on any atom is 0.248 e. The molecule has 0 atom stereocenters. The van der Waals surface area contributed by atoms with Gasteiger partial charge in [-0.25, -0.2) is 22.0 Å². The lowest BCUT2D eigenvalue weighted by atomic mass is 10.0. The number of fused-ring (bicyclic) bond motifs is 8. The molecule has 0 saturated carbocycles. The van der Waals surface area contributed by atoms with Crippen LogP contribution in [0.3, 0.4) is 0 Å². The maximum absolute atomic E-state index is 13.3. The Hall–Kier alpha value is -10.2. The number of nitrogens with two attached hydrogens (primary N) is 8. The lowest BCUT2D eigenvalue weighted by molar-refractivity contribution is 0.0991. The standard InChI is InChI=1S/C12H9Br2NO.2C12H9BrClNO.2C12H9BrFNO.C12H9Cl2NO.C12H9ClFNO.C12H11F2N/c1-6-2-7-4-10(13)11(14)5-8(7)3-9(6)12(15)16;1-6-2-7-5-11(14)10(13)4-8(7)3-9(6)12(15)16;1-6-2-7-4-10(13)11(14)5-8(7)3-9(6)12(15)16;1-6-2-7-5-11(14)10(13)4-8(7)3-9(6)12(15)16;2*1-6-2-7-4-10(13)11(14)5-8(7)3-9(6)12(15)16;1-6-2-7-5-11(14)10(13)4-8(7)3-9(6)12(15)16;1-7-2-8-4-11(13)12(14)5-9(8)3-10(7)6-15/h7*2-5H,1H3,(H2,15,16);2-5H,6,15H2,1H3. The molecule has 16 N–H and O–H groups in total. The molecule has 0 aliphatic carbocycles. The third kappa shape index (κ3) is 25.2. The quantitative estimate of drug-likeness (QED) is 0.0674. The number of halogens is 16. The minimum absolute atomic E-state index is 0.0340. The van der Waals surface area contributed by atoms with E-state index in [4.69, 9.17) is 104 Å². The highest BCUT2D eigenvalue weighted by molar-refractivity contribution is 9.13. The van der Waals surface area contributed by atoms with E-state index >= 15 is 0 Å². The van der Waals surface area contributed by atoms with Gasteiger partial charge in [0.1, 0.15) is 17.5 Å². The Morgan fingerprint density at radius 1 is 0.213 bits per heavy atom. The predicted molar refractivity (Wildman–Crippen MR) is 528 cm³/mol. The first kappa shape index (κ1) is 101. The van der Waals surface area contributed by atoms with Crippen LogP contribution in [0.25, 0.3) is 86.2 Å². The van der Waals surface area contributed by atoms with E-state index in [0.717, 1.165) is 127 Å². The van der Waals surface area contributed by atoms with E-state index < -0.39 is 58.8 Å². The van der Waals surface area contributed by atoms with Gasteiger partial charge in [0, 0.05) is 63.4 Å². The second-order valence-corrected chi connectivity index (χ2v) is 36.3. The zero-order valence-corrected chi connectivity index (χ0v) is 81.5. The van der Waals surface area contributed by atoms with Gasteiger partial charge in [0.2, 0.25) is 41.4 Å². The van der Waals surface area contributed by atoms with Crippen molar-refractivity contribution in [2.75, 3.05) is 0 Å². The van der Waals surface area contributed by atoms with Gasteiger partial charge >= 0.3 is 0 Å². The lowest BCUT2D eigenvalue weighted by Crippen LogP contribution is -2.12. The van der Waals surface area contributed by atoms with Gasteiger partial charge in [-0.1, -0.05) is 107 Å². The van der Waals surface area contributed by atoms with Crippen LogP contribution in [0.1, 0.15) is 123 Å². The Kier molecular flexibility index (Phi) is 34.3. The van der Waals surface area contributed by atoms with Gasteiger partial charge in [0.25, 0.3) is 0 Å². The van der Waals surface area contributed by atoms with Crippen molar-refractivity contribution in [2.24, 2.45) is 45.9 Å². The largest absolute Gasteiger partial charge is 0.366 e. The molecule has 127 heavy (non-hydrogen) atoms. The third-order valence-corrected chi connectivity index (χ3v) is 26.4. The summed E-state index contributed by atoms with van der Waals surface area (Å²) < 4.78 is 70.2. The van der Waals surface area contributed by atoms with E-state index in [2.05, 4.69) is 95.6 Å². The van der Waals surface area contributed by atoms with Gasteiger partial charge in [-0.05, 0) is 433 Å². The summed E-state index contributed by atoms with van der Waals surface area (Å²) in [4.78, 5) is 78.2. The first-order valence-electron chi connectivity index (χ1n) is 37.5. The number of rotatable bonds is 8. The minimum atomic E-state index is -0.825. The second kappa shape index (κ2) is 43.3. The molecule has 0 saturated heterocycles. The number of hydrogen-bond acceptors (Lipinski definition) is 8. The van der Waals surface area contributed by atoms with Crippen molar-refractivity contribution in [3.05, 3.63) is 364 Å². The van der Waals surface area contributed by atoms with Crippen LogP contribution in [0.2, 0.25) is 25.1 Å². The fraction of sp³-hybridized carbons (Fsp3) is 0.0938. The van der Waals surface area contributed by atoms with Gasteiger partial charge in [0.05, 0.1) is 34.1 Å². The molecule has 7 amide bonds. The number of amides is 7. The van der Waals surface area contributed by atoms with Crippen molar-refractivity contribution in [3.63, 3.8) is 0 Å². The molecule has 0 aromatic heterocycles. The molecule has 0 aliphatic heterocycles. The average Bonchev–Trinajstić information content (AvgIpc) is 0.838. The number of carbonyl (C=O) groups excluding carboxylic acids is 7. The van der Waals surface area contributed by atoms with Gasteiger partial charge in [0.15, 0.2) is 11.6 Å². The zero-order valence-electron chi connectivity index (χ0n) is 68.2. The van der Waals surface area contributed by atoms with Gasteiger partial charge in [-0.3, -0.25) is 33.6 Å².